The fourth-order valence-electron chi connectivity index (χ4n) is 2.13. The number of hydrogen-bond donors (Lipinski definition) is 2. The van der Waals surface area contributed by atoms with Crippen LogP contribution in [0.3, 0.4) is 0 Å². The molecule has 2 N–H and O–H groups in total. The zero-order chi connectivity index (χ0) is 13.5. The van der Waals surface area contributed by atoms with Crippen molar-refractivity contribution >= 4 is 0 Å². The highest BCUT2D eigenvalue weighted by molar-refractivity contribution is 5.15. The fraction of sp³-hybridized carbons (Fsp3) is 0.733. The van der Waals surface area contributed by atoms with Gasteiger partial charge in [-0.1, -0.05) is 34.1 Å². The largest absolute Gasteiger partial charge is 0.391 e. The van der Waals surface area contributed by atoms with Gasteiger partial charge in [0.05, 0.1) is 6.10 Å². The number of aliphatic hydroxyl groups is 1. The molecule has 0 spiro atoms. The number of hydrogen-bond acceptors (Lipinski definition) is 2. The first-order chi connectivity index (χ1) is 8.58. The lowest BCUT2D eigenvalue weighted by Gasteiger charge is -2.17. The van der Waals surface area contributed by atoms with Crippen LogP contribution in [0.25, 0.3) is 0 Å². The minimum atomic E-state index is -0.269. The van der Waals surface area contributed by atoms with Gasteiger partial charge in [-0.15, -0.1) is 0 Å². The average Bonchev–Trinajstić information content (AvgIpc) is 2.77. The van der Waals surface area contributed by atoms with Gasteiger partial charge in [0.25, 0.3) is 0 Å². The molecule has 2 atom stereocenters. The molecule has 0 radical (unpaired) electrons. The number of rotatable bonds is 8. The fourth-order valence-corrected chi connectivity index (χ4v) is 2.13. The van der Waals surface area contributed by atoms with E-state index < -0.39 is 0 Å². The normalized spacial score (nSPS) is 15.0. The Morgan fingerprint density at radius 2 is 2.06 bits per heavy atom. The Hall–Kier alpha value is -0.800. The molecule has 0 saturated heterocycles. The first kappa shape index (κ1) is 15.3. The molecule has 0 fully saturated rings. The molecule has 3 heteroatoms. The summed E-state index contributed by atoms with van der Waals surface area (Å²) in [7, 11) is 0. The Bertz CT molecular complexity index is 327. The van der Waals surface area contributed by atoms with Crippen LogP contribution in [0.1, 0.15) is 52.1 Å². The highest BCUT2D eigenvalue weighted by atomic mass is 16.3. The minimum Gasteiger partial charge on any atom is -0.391 e. The van der Waals surface area contributed by atoms with E-state index in [4.69, 9.17) is 0 Å². The Labute approximate surface area is 111 Å². The van der Waals surface area contributed by atoms with Crippen LogP contribution in [0.2, 0.25) is 0 Å². The summed E-state index contributed by atoms with van der Waals surface area (Å²) in [5.74, 6) is 0.302. The third-order valence-electron chi connectivity index (χ3n) is 3.37. The van der Waals surface area contributed by atoms with Gasteiger partial charge in [0.2, 0.25) is 0 Å². The lowest BCUT2D eigenvalue weighted by atomic mass is 10.1. The van der Waals surface area contributed by atoms with Gasteiger partial charge in [0.1, 0.15) is 0 Å². The minimum absolute atomic E-state index is 0.269. The molecule has 1 aromatic rings. The molecule has 0 aliphatic rings. The molecule has 18 heavy (non-hydrogen) atoms. The third-order valence-corrected chi connectivity index (χ3v) is 3.37. The van der Waals surface area contributed by atoms with E-state index in [0.29, 0.717) is 18.5 Å². The predicted octanol–water partition coefficient (Wildman–Crippen LogP) is 2.96. The summed E-state index contributed by atoms with van der Waals surface area (Å²) in [5.41, 5.74) is 1.33. The van der Waals surface area contributed by atoms with Crippen molar-refractivity contribution < 1.29 is 5.11 Å². The topological polar surface area (TPSA) is 37.2 Å². The van der Waals surface area contributed by atoms with Crippen LogP contribution in [-0.4, -0.2) is 22.3 Å². The van der Waals surface area contributed by atoms with Gasteiger partial charge in [-0.3, -0.25) is 0 Å². The van der Waals surface area contributed by atoms with Crippen LogP contribution in [-0.2, 0) is 6.54 Å². The quantitative estimate of drug-likeness (QED) is 0.746. The molecule has 0 saturated carbocycles. The van der Waals surface area contributed by atoms with E-state index in [-0.39, 0.29) is 6.10 Å². The van der Waals surface area contributed by atoms with E-state index in [0.717, 1.165) is 13.0 Å². The maximum Gasteiger partial charge on any atom is 0.0741 e. The molecule has 0 bridgehead atoms. The Morgan fingerprint density at radius 1 is 1.33 bits per heavy atom. The molecular formula is C15H28N2O. The van der Waals surface area contributed by atoms with Gasteiger partial charge >= 0.3 is 0 Å². The first-order valence-electron chi connectivity index (χ1n) is 7.15. The first-order valence-corrected chi connectivity index (χ1v) is 7.15. The van der Waals surface area contributed by atoms with E-state index in [1.165, 1.54) is 12.0 Å². The smallest absolute Gasteiger partial charge is 0.0741 e. The molecule has 1 rings (SSSR count). The van der Waals surface area contributed by atoms with Crippen molar-refractivity contribution in [2.24, 2.45) is 5.92 Å². The molecule has 1 aromatic heterocycles. The van der Waals surface area contributed by atoms with Crippen molar-refractivity contribution in [3.63, 3.8) is 0 Å². The Kier molecular flexibility index (Phi) is 6.44. The summed E-state index contributed by atoms with van der Waals surface area (Å²) < 4.78 is 2.10. The SMILES string of the molecule is CCCC(NCC)c1ccn(CC(O)C(C)C)c1. The monoisotopic (exact) mass is 252 g/mol. The van der Waals surface area contributed by atoms with E-state index in [1.807, 2.05) is 13.8 Å². The van der Waals surface area contributed by atoms with Crippen LogP contribution in [0.4, 0.5) is 0 Å². The molecular weight excluding hydrogens is 224 g/mol. The Balaban J connectivity index is 2.65. The van der Waals surface area contributed by atoms with Crippen molar-refractivity contribution in [3.05, 3.63) is 24.0 Å². The number of aliphatic hydroxyl groups excluding tert-OH is 1. The van der Waals surface area contributed by atoms with E-state index >= 15 is 0 Å². The summed E-state index contributed by atoms with van der Waals surface area (Å²) >= 11 is 0. The van der Waals surface area contributed by atoms with Crippen LogP contribution in [0.15, 0.2) is 18.5 Å². The van der Waals surface area contributed by atoms with Crippen molar-refractivity contribution in [2.45, 2.75) is 59.2 Å². The highest BCUT2D eigenvalue weighted by Crippen LogP contribution is 2.19. The van der Waals surface area contributed by atoms with Gasteiger partial charge in [-0.05, 0) is 30.5 Å². The van der Waals surface area contributed by atoms with Crippen LogP contribution in [0.5, 0.6) is 0 Å². The summed E-state index contributed by atoms with van der Waals surface area (Å²) in [6.07, 6.45) is 6.30. The van der Waals surface area contributed by atoms with Gasteiger partial charge in [-0.25, -0.2) is 0 Å². The molecule has 3 nitrogen and oxygen atoms in total. The average molecular weight is 252 g/mol. The molecule has 0 aliphatic carbocycles. The van der Waals surface area contributed by atoms with Gasteiger partial charge in [-0.2, -0.15) is 0 Å². The zero-order valence-electron chi connectivity index (χ0n) is 12.2. The van der Waals surface area contributed by atoms with Crippen LogP contribution < -0.4 is 5.32 Å². The van der Waals surface area contributed by atoms with E-state index in [9.17, 15) is 5.11 Å². The van der Waals surface area contributed by atoms with Gasteiger partial charge < -0.3 is 15.0 Å². The van der Waals surface area contributed by atoms with E-state index in [2.05, 4.69) is 42.2 Å². The van der Waals surface area contributed by atoms with Gasteiger partial charge in [0, 0.05) is 25.0 Å². The number of nitrogens with zero attached hydrogens (tertiary/aromatic N) is 1. The van der Waals surface area contributed by atoms with Crippen molar-refractivity contribution in [2.75, 3.05) is 6.54 Å². The number of nitrogens with one attached hydrogen (secondary N) is 1. The highest BCUT2D eigenvalue weighted by Gasteiger charge is 2.13. The standard InChI is InChI=1S/C15H28N2O/c1-5-7-14(16-6-2)13-8-9-17(10-13)11-15(18)12(3)4/h8-10,12,14-16,18H,5-7,11H2,1-4H3. The summed E-state index contributed by atoms with van der Waals surface area (Å²) in [5, 5.41) is 13.4. The summed E-state index contributed by atoms with van der Waals surface area (Å²) in [6.45, 7) is 10.1. The molecule has 2 unspecified atom stereocenters. The van der Waals surface area contributed by atoms with Crippen molar-refractivity contribution in [3.8, 4) is 0 Å². The van der Waals surface area contributed by atoms with Crippen LogP contribution in [0, 0.1) is 5.92 Å². The maximum atomic E-state index is 9.90. The predicted molar refractivity (Wildman–Crippen MR) is 76.6 cm³/mol. The van der Waals surface area contributed by atoms with Crippen molar-refractivity contribution in [1.29, 1.82) is 0 Å². The zero-order valence-corrected chi connectivity index (χ0v) is 12.2. The molecule has 0 aromatic carbocycles. The third kappa shape index (κ3) is 4.46. The second-order valence-corrected chi connectivity index (χ2v) is 5.35. The van der Waals surface area contributed by atoms with Crippen molar-refractivity contribution in [1.82, 2.24) is 9.88 Å². The number of aromatic nitrogens is 1. The molecule has 104 valence electrons. The molecule has 1 heterocycles. The molecule has 0 amide bonds. The summed E-state index contributed by atoms with van der Waals surface area (Å²) in [6, 6.07) is 2.60. The van der Waals surface area contributed by atoms with E-state index in [1.54, 1.807) is 0 Å². The second-order valence-electron chi connectivity index (χ2n) is 5.35. The lowest BCUT2D eigenvalue weighted by Crippen LogP contribution is -2.22. The van der Waals surface area contributed by atoms with Gasteiger partial charge in [0.15, 0.2) is 0 Å². The lowest BCUT2D eigenvalue weighted by molar-refractivity contribution is 0.107. The Morgan fingerprint density at radius 3 is 2.61 bits per heavy atom. The van der Waals surface area contributed by atoms with Crippen LogP contribution >= 0.6 is 0 Å². The molecule has 0 aliphatic heterocycles. The summed E-state index contributed by atoms with van der Waals surface area (Å²) in [4.78, 5) is 0. The second kappa shape index (κ2) is 7.59. The maximum absolute atomic E-state index is 9.90.